The third-order valence-corrected chi connectivity index (χ3v) is 2.64. The van der Waals surface area contributed by atoms with Crippen LogP contribution in [0.3, 0.4) is 0 Å². The van der Waals surface area contributed by atoms with Crippen LogP contribution in [0.15, 0.2) is 22.3 Å². The molecule has 0 fully saturated rings. The van der Waals surface area contributed by atoms with E-state index in [0.29, 0.717) is 0 Å². The number of aromatic nitrogens is 1. The highest BCUT2D eigenvalue weighted by Gasteiger charge is 2.02. The number of hydrogen-bond acceptors (Lipinski definition) is 1. The minimum Gasteiger partial charge on any atom is -0.336 e. The van der Waals surface area contributed by atoms with E-state index in [9.17, 15) is 0 Å². The van der Waals surface area contributed by atoms with Crippen molar-refractivity contribution in [2.45, 2.75) is 26.8 Å². The zero-order chi connectivity index (χ0) is 10.6. The van der Waals surface area contributed by atoms with Gasteiger partial charge in [0.05, 0.1) is 10.7 Å². The second kappa shape index (κ2) is 5.02. The summed E-state index contributed by atoms with van der Waals surface area (Å²) >= 11 is 3.48. The maximum atomic E-state index is 8.68. The smallest absolute Gasteiger partial charge is 0.0944 e. The van der Waals surface area contributed by atoms with Gasteiger partial charge in [-0.15, -0.1) is 0 Å². The van der Waals surface area contributed by atoms with Crippen LogP contribution in [0.1, 0.15) is 26.0 Å². The van der Waals surface area contributed by atoms with E-state index in [2.05, 4.69) is 33.5 Å². The molecule has 0 spiro atoms. The zero-order valence-corrected chi connectivity index (χ0v) is 10.0. The maximum Gasteiger partial charge on any atom is 0.0944 e. The molecule has 0 aliphatic heterocycles. The lowest BCUT2D eigenvalue weighted by Gasteiger charge is -2.06. The maximum absolute atomic E-state index is 8.68. The SMILES string of the molecule is CCCn1c(Br)ccc1C=C(C)C#N. The standard InChI is InChI=1S/C11H13BrN2/c1-3-6-14-10(4-5-11(14)12)7-9(2)8-13/h4-5,7H,3,6H2,1-2H3. The highest BCUT2D eigenvalue weighted by molar-refractivity contribution is 9.10. The molecule has 14 heavy (non-hydrogen) atoms. The fourth-order valence-electron chi connectivity index (χ4n) is 1.30. The number of nitriles is 1. The summed E-state index contributed by atoms with van der Waals surface area (Å²) in [4.78, 5) is 0. The van der Waals surface area contributed by atoms with Gasteiger partial charge >= 0.3 is 0 Å². The molecular weight excluding hydrogens is 240 g/mol. The van der Waals surface area contributed by atoms with Crippen LogP contribution in [0.4, 0.5) is 0 Å². The third kappa shape index (κ3) is 2.49. The van der Waals surface area contributed by atoms with Gasteiger partial charge in [0, 0.05) is 17.8 Å². The van der Waals surface area contributed by atoms with Gasteiger partial charge in [0.1, 0.15) is 0 Å². The number of halogens is 1. The first kappa shape index (κ1) is 11.1. The summed E-state index contributed by atoms with van der Waals surface area (Å²) < 4.78 is 3.22. The van der Waals surface area contributed by atoms with E-state index in [-0.39, 0.29) is 0 Å². The van der Waals surface area contributed by atoms with Crippen LogP contribution < -0.4 is 0 Å². The minimum atomic E-state index is 0.730. The third-order valence-electron chi connectivity index (χ3n) is 1.95. The van der Waals surface area contributed by atoms with E-state index in [1.54, 1.807) is 0 Å². The quantitative estimate of drug-likeness (QED) is 0.757. The molecular formula is C11H13BrN2. The van der Waals surface area contributed by atoms with Crippen LogP contribution in [0, 0.1) is 11.3 Å². The van der Waals surface area contributed by atoms with Crippen molar-refractivity contribution in [2.24, 2.45) is 0 Å². The Labute approximate surface area is 93.0 Å². The first-order valence-electron chi connectivity index (χ1n) is 4.62. The van der Waals surface area contributed by atoms with E-state index >= 15 is 0 Å². The highest BCUT2D eigenvalue weighted by atomic mass is 79.9. The Morgan fingerprint density at radius 1 is 1.64 bits per heavy atom. The fraction of sp³-hybridized carbons (Fsp3) is 0.364. The molecule has 74 valence electrons. The number of allylic oxidation sites excluding steroid dienone is 1. The van der Waals surface area contributed by atoms with E-state index in [0.717, 1.165) is 28.8 Å². The van der Waals surface area contributed by atoms with Gasteiger partial charge in [-0.1, -0.05) is 6.92 Å². The molecule has 0 bridgehead atoms. The summed E-state index contributed by atoms with van der Waals surface area (Å²) in [6, 6.07) is 6.15. The normalized spacial score (nSPS) is 11.4. The Morgan fingerprint density at radius 3 is 2.93 bits per heavy atom. The predicted octanol–water partition coefficient (Wildman–Crippen LogP) is 3.59. The van der Waals surface area contributed by atoms with Crippen LogP contribution in [-0.2, 0) is 6.54 Å². The van der Waals surface area contributed by atoms with Gasteiger partial charge in [0.2, 0.25) is 0 Å². The minimum absolute atomic E-state index is 0.730. The second-order valence-corrected chi connectivity index (χ2v) is 3.98. The van der Waals surface area contributed by atoms with Crippen LogP contribution in [0.25, 0.3) is 6.08 Å². The Morgan fingerprint density at radius 2 is 2.36 bits per heavy atom. The van der Waals surface area contributed by atoms with Crippen molar-refractivity contribution in [1.82, 2.24) is 4.57 Å². The molecule has 0 aliphatic rings. The molecule has 0 amide bonds. The molecule has 1 aromatic heterocycles. The van der Waals surface area contributed by atoms with Crippen molar-refractivity contribution in [1.29, 1.82) is 5.26 Å². The van der Waals surface area contributed by atoms with Gasteiger partial charge in [-0.2, -0.15) is 5.26 Å². The fourth-order valence-corrected chi connectivity index (χ4v) is 1.81. The van der Waals surface area contributed by atoms with Gasteiger partial charge in [-0.25, -0.2) is 0 Å². The summed E-state index contributed by atoms with van der Waals surface area (Å²) in [7, 11) is 0. The Kier molecular flexibility index (Phi) is 3.97. The average Bonchev–Trinajstić information content (AvgIpc) is 2.50. The van der Waals surface area contributed by atoms with Crippen molar-refractivity contribution in [3.63, 3.8) is 0 Å². The number of nitrogens with zero attached hydrogens (tertiary/aromatic N) is 2. The van der Waals surface area contributed by atoms with Crippen molar-refractivity contribution in [2.75, 3.05) is 0 Å². The van der Waals surface area contributed by atoms with Crippen molar-refractivity contribution >= 4 is 22.0 Å². The van der Waals surface area contributed by atoms with Crippen LogP contribution in [0.5, 0.6) is 0 Å². The molecule has 1 aromatic rings. The molecule has 3 heteroatoms. The first-order chi connectivity index (χ1) is 6.69. The van der Waals surface area contributed by atoms with Gasteiger partial charge < -0.3 is 4.57 Å². The molecule has 0 aliphatic carbocycles. The molecule has 0 saturated carbocycles. The Bertz CT molecular complexity index is 382. The van der Waals surface area contributed by atoms with Gasteiger partial charge in [0.25, 0.3) is 0 Å². The molecule has 1 heterocycles. The van der Waals surface area contributed by atoms with E-state index in [4.69, 9.17) is 5.26 Å². The molecule has 0 N–H and O–H groups in total. The topological polar surface area (TPSA) is 28.7 Å². The molecule has 0 unspecified atom stereocenters. The molecule has 0 aromatic carbocycles. The molecule has 0 saturated heterocycles. The summed E-state index contributed by atoms with van der Waals surface area (Å²) in [6.45, 7) is 4.92. The van der Waals surface area contributed by atoms with Crippen molar-refractivity contribution in [3.8, 4) is 6.07 Å². The van der Waals surface area contributed by atoms with Crippen LogP contribution in [-0.4, -0.2) is 4.57 Å². The van der Waals surface area contributed by atoms with Crippen LogP contribution >= 0.6 is 15.9 Å². The second-order valence-electron chi connectivity index (χ2n) is 3.17. The Balaban J connectivity index is 3.04. The molecule has 1 rings (SSSR count). The van der Waals surface area contributed by atoms with E-state index in [1.807, 2.05) is 25.1 Å². The molecule has 2 nitrogen and oxygen atoms in total. The largest absolute Gasteiger partial charge is 0.336 e. The summed E-state index contributed by atoms with van der Waals surface area (Å²) in [5.41, 5.74) is 1.81. The lowest BCUT2D eigenvalue weighted by Crippen LogP contribution is -1.99. The Hall–Kier alpha value is -1.01. The molecule has 0 radical (unpaired) electrons. The predicted molar refractivity (Wildman–Crippen MR) is 61.7 cm³/mol. The van der Waals surface area contributed by atoms with Gasteiger partial charge in [-0.3, -0.25) is 0 Å². The van der Waals surface area contributed by atoms with E-state index in [1.165, 1.54) is 0 Å². The number of rotatable bonds is 3. The monoisotopic (exact) mass is 252 g/mol. The molecule has 0 atom stereocenters. The first-order valence-corrected chi connectivity index (χ1v) is 5.41. The summed E-state index contributed by atoms with van der Waals surface area (Å²) in [5.74, 6) is 0. The van der Waals surface area contributed by atoms with Crippen molar-refractivity contribution in [3.05, 3.63) is 28.0 Å². The van der Waals surface area contributed by atoms with Crippen LogP contribution in [0.2, 0.25) is 0 Å². The zero-order valence-electron chi connectivity index (χ0n) is 8.42. The van der Waals surface area contributed by atoms with Crippen molar-refractivity contribution < 1.29 is 0 Å². The highest BCUT2D eigenvalue weighted by Crippen LogP contribution is 2.18. The lowest BCUT2D eigenvalue weighted by molar-refractivity contribution is 0.666. The average molecular weight is 253 g/mol. The van der Waals surface area contributed by atoms with Gasteiger partial charge in [0.15, 0.2) is 0 Å². The lowest BCUT2D eigenvalue weighted by atomic mass is 10.2. The van der Waals surface area contributed by atoms with Gasteiger partial charge in [-0.05, 0) is 47.5 Å². The summed E-state index contributed by atoms with van der Waals surface area (Å²) in [6.07, 6.45) is 2.99. The summed E-state index contributed by atoms with van der Waals surface area (Å²) in [5, 5.41) is 8.68. The number of hydrogen-bond donors (Lipinski definition) is 0. The van der Waals surface area contributed by atoms with E-state index < -0.39 is 0 Å².